The molecule has 1 aromatic heterocycles. The molecule has 0 aliphatic rings. The summed E-state index contributed by atoms with van der Waals surface area (Å²) in [4.78, 5) is 38.1. The number of para-hydroxylation sites is 1. The van der Waals surface area contributed by atoms with Gasteiger partial charge in [-0.1, -0.05) is 89.8 Å². The monoisotopic (exact) mass is 519 g/mol. The molecular formula is C32H41NO5. The lowest BCUT2D eigenvalue weighted by molar-refractivity contribution is 0.0462. The molecule has 2 aromatic carbocycles. The van der Waals surface area contributed by atoms with E-state index in [-0.39, 0.29) is 34.7 Å². The fourth-order valence-electron chi connectivity index (χ4n) is 4.44. The zero-order valence-electron chi connectivity index (χ0n) is 22.9. The molecule has 3 rings (SSSR count). The van der Waals surface area contributed by atoms with Crippen molar-refractivity contribution in [1.82, 2.24) is 0 Å². The Morgan fingerprint density at radius 3 is 2.18 bits per heavy atom. The maximum Gasteiger partial charge on any atom is 0.374 e. The van der Waals surface area contributed by atoms with Gasteiger partial charge in [-0.25, -0.2) is 4.79 Å². The number of esters is 1. The van der Waals surface area contributed by atoms with Crippen molar-refractivity contribution in [3.8, 4) is 0 Å². The Morgan fingerprint density at radius 2 is 1.47 bits per heavy atom. The van der Waals surface area contributed by atoms with E-state index in [1.54, 1.807) is 18.2 Å². The fourth-order valence-corrected chi connectivity index (χ4v) is 4.44. The number of benzene rings is 2. The highest BCUT2D eigenvalue weighted by Gasteiger charge is 2.17. The molecule has 38 heavy (non-hydrogen) atoms. The van der Waals surface area contributed by atoms with E-state index in [0.717, 1.165) is 44.6 Å². The van der Waals surface area contributed by atoms with Gasteiger partial charge in [0.2, 0.25) is 5.76 Å². The van der Waals surface area contributed by atoms with E-state index >= 15 is 0 Å². The molecule has 0 aliphatic carbocycles. The summed E-state index contributed by atoms with van der Waals surface area (Å²) in [5.74, 6) is -1.17. The Hall–Kier alpha value is -3.41. The number of carbonyl (C=O) groups excluding carboxylic acids is 2. The Bertz CT molecular complexity index is 1230. The number of nitrogens with one attached hydrogen (secondary N) is 1. The summed E-state index contributed by atoms with van der Waals surface area (Å²) in [5, 5.41) is 3.12. The standard InChI is InChI=1S/C32H41NO5/c1-3-5-7-9-10-11-12-15-24-18-20-25(21-19-24)31(35)33-27-17-14-16-26-28(34)23-29(38-30(26)27)32(36)37-22-13-8-6-4-2/h14,16-21,23H,3-13,15,22H2,1-2H3,(H,33,35). The first kappa shape index (κ1) is 29.2. The first-order chi connectivity index (χ1) is 18.5. The third-order valence-electron chi connectivity index (χ3n) is 6.72. The molecule has 1 N–H and O–H groups in total. The zero-order chi connectivity index (χ0) is 27.2. The van der Waals surface area contributed by atoms with Crippen LogP contribution in [0, 0.1) is 0 Å². The van der Waals surface area contributed by atoms with Gasteiger partial charge in [0, 0.05) is 11.6 Å². The molecule has 0 bridgehead atoms. The predicted molar refractivity (Wildman–Crippen MR) is 153 cm³/mol. The second-order valence-electron chi connectivity index (χ2n) is 9.88. The molecule has 0 radical (unpaired) electrons. The highest BCUT2D eigenvalue weighted by atomic mass is 16.5. The number of amides is 1. The predicted octanol–water partition coefficient (Wildman–Crippen LogP) is 8.08. The third-order valence-corrected chi connectivity index (χ3v) is 6.72. The fraction of sp³-hybridized carbons (Fsp3) is 0.469. The van der Waals surface area contributed by atoms with Gasteiger partial charge < -0.3 is 14.5 Å². The first-order valence-corrected chi connectivity index (χ1v) is 14.2. The molecule has 0 saturated heterocycles. The number of hydrogen-bond acceptors (Lipinski definition) is 5. The zero-order valence-corrected chi connectivity index (χ0v) is 22.9. The first-order valence-electron chi connectivity index (χ1n) is 14.2. The smallest absolute Gasteiger partial charge is 0.374 e. The van der Waals surface area contributed by atoms with Crippen LogP contribution in [-0.2, 0) is 11.2 Å². The molecular weight excluding hydrogens is 478 g/mol. The van der Waals surface area contributed by atoms with E-state index < -0.39 is 5.97 Å². The van der Waals surface area contributed by atoms with Gasteiger partial charge in [0.1, 0.15) is 0 Å². The van der Waals surface area contributed by atoms with Gasteiger partial charge in [-0.2, -0.15) is 0 Å². The van der Waals surface area contributed by atoms with Crippen LogP contribution in [-0.4, -0.2) is 18.5 Å². The van der Waals surface area contributed by atoms with Crippen molar-refractivity contribution in [3.63, 3.8) is 0 Å². The Morgan fingerprint density at radius 1 is 0.816 bits per heavy atom. The number of hydrogen-bond donors (Lipinski definition) is 1. The van der Waals surface area contributed by atoms with Crippen molar-refractivity contribution >= 4 is 28.5 Å². The summed E-state index contributed by atoms with van der Waals surface area (Å²) >= 11 is 0. The van der Waals surface area contributed by atoms with Gasteiger partial charge in [0.25, 0.3) is 5.91 Å². The van der Waals surface area contributed by atoms with Crippen molar-refractivity contribution in [3.05, 3.63) is 75.6 Å². The number of anilines is 1. The molecule has 6 nitrogen and oxygen atoms in total. The van der Waals surface area contributed by atoms with Crippen molar-refractivity contribution in [2.24, 2.45) is 0 Å². The molecule has 0 atom stereocenters. The molecule has 204 valence electrons. The van der Waals surface area contributed by atoms with E-state index in [1.807, 2.05) is 24.3 Å². The van der Waals surface area contributed by atoms with Crippen LogP contribution in [0.25, 0.3) is 11.0 Å². The van der Waals surface area contributed by atoms with Crippen molar-refractivity contribution in [2.75, 3.05) is 11.9 Å². The molecule has 0 spiro atoms. The summed E-state index contributed by atoms with van der Waals surface area (Å²) in [5.41, 5.74) is 1.84. The van der Waals surface area contributed by atoms with Gasteiger partial charge in [-0.3, -0.25) is 9.59 Å². The van der Waals surface area contributed by atoms with Crippen molar-refractivity contribution < 1.29 is 18.7 Å². The maximum atomic E-state index is 13.0. The van der Waals surface area contributed by atoms with E-state index in [4.69, 9.17) is 9.15 Å². The van der Waals surface area contributed by atoms with Crippen LogP contribution in [0.5, 0.6) is 0 Å². The quantitative estimate of drug-likeness (QED) is 0.153. The normalized spacial score (nSPS) is 11.0. The molecule has 0 fully saturated rings. The number of carbonyl (C=O) groups is 2. The highest BCUT2D eigenvalue weighted by Crippen LogP contribution is 2.24. The Kier molecular flexibility index (Phi) is 12.1. The van der Waals surface area contributed by atoms with Gasteiger partial charge in [0.05, 0.1) is 17.7 Å². The molecule has 0 saturated carbocycles. The number of aryl methyl sites for hydroxylation is 1. The van der Waals surface area contributed by atoms with Crippen LogP contribution < -0.4 is 10.7 Å². The highest BCUT2D eigenvalue weighted by molar-refractivity contribution is 6.08. The number of rotatable bonds is 16. The summed E-state index contributed by atoms with van der Waals surface area (Å²) in [6.07, 6.45) is 13.8. The second-order valence-corrected chi connectivity index (χ2v) is 9.88. The van der Waals surface area contributed by atoms with Gasteiger partial charge in [-0.15, -0.1) is 0 Å². The van der Waals surface area contributed by atoms with E-state index in [9.17, 15) is 14.4 Å². The number of ether oxygens (including phenoxy) is 1. The van der Waals surface area contributed by atoms with Gasteiger partial charge in [0.15, 0.2) is 11.0 Å². The van der Waals surface area contributed by atoms with Gasteiger partial charge >= 0.3 is 5.97 Å². The summed E-state index contributed by atoms with van der Waals surface area (Å²) < 4.78 is 11.0. The second kappa shape index (κ2) is 15.8. The minimum Gasteiger partial charge on any atom is -0.460 e. The lowest BCUT2D eigenvalue weighted by Gasteiger charge is -2.10. The topological polar surface area (TPSA) is 85.6 Å². The van der Waals surface area contributed by atoms with E-state index in [1.165, 1.54) is 44.1 Å². The van der Waals surface area contributed by atoms with Crippen molar-refractivity contribution in [2.45, 2.75) is 90.9 Å². The lowest BCUT2D eigenvalue weighted by atomic mass is 10.0. The van der Waals surface area contributed by atoms with E-state index in [2.05, 4.69) is 19.2 Å². The van der Waals surface area contributed by atoms with Crippen LogP contribution in [0.15, 0.2) is 57.7 Å². The summed E-state index contributed by atoms with van der Waals surface area (Å²) in [7, 11) is 0. The maximum absolute atomic E-state index is 13.0. The molecule has 0 aliphatic heterocycles. The molecule has 6 heteroatoms. The van der Waals surface area contributed by atoms with Crippen LogP contribution in [0.2, 0.25) is 0 Å². The minimum absolute atomic E-state index is 0.154. The largest absolute Gasteiger partial charge is 0.460 e. The Labute approximate surface area is 225 Å². The molecule has 1 heterocycles. The summed E-state index contributed by atoms with van der Waals surface area (Å²) in [6, 6.07) is 13.7. The van der Waals surface area contributed by atoms with Crippen LogP contribution in [0.4, 0.5) is 5.69 Å². The van der Waals surface area contributed by atoms with Gasteiger partial charge in [-0.05, 0) is 49.1 Å². The SMILES string of the molecule is CCCCCCCCCc1ccc(C(=O)Nc2cccc3c(=O)cc(C(=O)OCCCCCC)oc23)cc1. The van der Waals surface area contributed by atoms with Crippen LogP contribution in [0.3, 0.4) is 0 Å². The summed E-state index contributed by atoms with van der Waals surface area (Å²) in [6.45, 7) is 4.61. The average Bonchev–Trinajstić information content (AvgIpc) is 2.93. The third kappa shape index (κ3) is 8.86. The number of fused-ring (bicyclic) bond motifs is 1. The molecule has 0 unspecified atom stereocenters. The molecule has 3 aromatic rings. The minimum atomic E-state index is -0.682. The Balaban J connectivity index is 1.62. The van der Waals surface area contributed by atoms with Crippen molar-refractivity contribution in [1.29, 1.82) is 0 Å². The van der Waals surface area contributed by atoms with Crippen LogP contribution >= 0.6 is 0 Å². The molecule has 1 amide bonds. The lowest BCUT2D eigenvalue weighted by Crippen LogP contribution is -2.14. The average molecular weight is 520 g/mol. The number of unbranched alkanes of at least 4 members (excludes halogenated alkanes) is 9. The van der Waals surface area contributed by atoms with Crippen LogP contribution in [0.1, 0.15) is 111 Å². The van der Waals surface area contributed by atoms with E-state index in [0.29, 0.717) is 11.3 Å².